The highest BCUT2D eigenvalue weighted by atomic mass is 32.2. The van der Waals surface area contributed by atoms with E-state index in [-0.39, 0.29) is 18.3 Å². The molecule has 0 saturated heterocycles. The van der Waals surface area contributed by atoms with E-state index in [1.807, 2.05) is 13.8 Å². The lowest BCUT2D eigenvalue weighted by molar-refractivity contribution is -0.151. The minimum atomic E-state index is -0.916. The van der Waals surface area contributed by atoms with Crippen LogP contribution < -0.4 is 5.32 Å². The van der Waals surface area contributed by atoms with Gasteiger partial charge in [0.25, 0.3) is 0 Å². The molecule has 31 heavy (non-hydrogen) atoms. The van der Waals surface area contributed by atoms with Gasteiger partial charge in [0.15, 0.2) is 5.78 Å². The molecule has 0 saturated carbocycles. The van der Waals surface area contributed by atoms with E-state index in [9.17, 15) is 14.4 Å². The lowest BCUT2D eigenvalue weighted by Gasteiger charge is -2.37. The molecule has 2 aliphatic rings. The van der Waals surface area contributed by atoms with Crippen LogP contribution in [0.2, 0.25) is 0 Å². The van der Waals surface area contributed by atoms with E-state index in [0.29, 0.717) is 46.2 Å². The molecule has 168 valence electrons. The Morgan fingerprint density at radius 1 is 1.29 bits per heavy atom. The molecule has 0 fully saturated rings. The number of rotatable bonds is 7. The van der Waals surface area contributed by atoms with Crippen molar-refractivity contribution < 1.29 is 28.3 Å². The van der Waals surface area contributed by atoms with Gasteiger partial charge in [-0.25, -0.2) is 4.79 Å². The van der Waals surface area contributed by atoms with Crippen molar-refractivity contribution in [2.75, 3.05) is 25.2 Å². The van der Waals surface area contributed by atoms with Crippen LogP contribution in [0.3, 0.4) is 0 Å². The first kappa shape index (κ1) is 23.2. The van der Waals surface area contributed by atoms with Crippen LogP contribution in [-0.2, 0) is 23.9 Å². The number of furan rings is 1. The topological polar surface area (TPSA) is 94.8 Å². The molecule has 3 unspecified atom stereocenters. The Bertz CT molecular complexity index is 944. The molecule has 0 radical (unpaired) electrons. The summed E-state index contributed by atoms with van der Waals surface area (Å²) in [7, 11) is 1.28. The van der Waals surface area contributed by atoms with Crippen LogP contribution in [0, 0.1) is 18.8 Å². The van der Waals surface area contributed by atoms with E-state index >= 15 is 0 Å². The Morgan fingerprint density at radius 2 is 2.03 bits per heavy atom. The average molecular weight is 448 g/mol. The molecule has 1 aromatic rings. The molecular weight excluding hydrogens is 418 g/mol. The lowest BCUT2D eigenvalue weighted by atomic mass is 9.70. The van der Waals surface area contributed by atoms with Gasteiger partial charge in [0, 0.05) is 22.7 Å². The number of aryl methyl sites for hydroxylation is 1. The van der Waals surface area contributed by atoms with Crippen molar-refractivity contribution in [2.24, 2.45) is 11.8 Å². The summed E-state index contributed by atoms with van der Waals surface area (Å²) in [5.41, 5.74) is 2.05. The SMILES string of the molecule is CCSCCOC(=O)C1=C(C)NC2=C(C(=O)C(C(=O)OC)C(C)C2)C1c1ccc(C)o1. The van der Waals surface area contributed by atoms with Gasteiger partial charge in [-0.05, 0) is 44.1 Å². The van der Waals surface area contributed by atoms with E-state index in [0.717, 1.165) is 5.75 Å². The molecule has 0 spiro atoms. The number of ketones is 1. The highest BCUT2D eigenvalue weighted by Crippen LogP contribution is 2.45. The zero-order valence-electron chi connectivity index (χ0n) is 18.6. The Balaban J connectivity index is 2.03. The summed E-state index contributed by atoms with van der Waals surface area (Å²) in [5, 5.41) is 3.23. The minimum absolute atomic E-state index is 0.224. The zero-order chi connectivity index (χ0) is 22.7. The van der Waals surface area contributed by atoms with Crippen LogP contribution in [0.5, 0.6) is 0 Å². The van der Waals surface area contributed by atoms with Gasteiger partial charge in [-0.15, -0.1) is 0 Å². The quantitative estimate of drug-likeness (QED) is 0.386. The summed E-state index contributed by atoms with van der Waals surface area (Å²) in [6.45, 7) is 7.77. The number of ether oxygens (including phenoxy) is 2. The van der Waals surface area contributed by atoms with Crippen molar-refractivity contribution in [1.29, 1.82) is 0 Å². The number of methoxy groups -OCH3 is 1. The number of nitrogens with one attached hydrogen (secondary N) is 1. The van der Waals surface area contributed by atoms with Crippen molar-refractivity contribution in [3.63, 3.8) is 0 Å². The molecule has 3 atom stereocenters. The van der Waals surface area contributed by atoms with Crippen LogP contribution in [-0.4, -0.2) is 42.9 Å². The Hall–Kier alpha value is -2.48. The van der Waals surface area contributed by atoms with Crippen molar-refractivity contribution in [3.05, 3.63) is 46.2 Å². The summed E-state index contributed by atoms with van der Waals surface area (Å²) >= 11 is 1.68. The molecule has 1 N–H and O–H groups in total. The summed E-state index contributed by atoms with van der Waals surface area (Å²) in [4.78, 5) is 39.0. The van der Waals surface area contributed by atoms with Gasteiger partial charge < -0.3 is 19.2 Å². The zero-order valence-corrected chi connectivity index (χ0v) is 19.4. The van der Waals surface area contributed by atoms with Crippen molar-refractivity contribution in [1.82, 2.24) is 5.32 Å². The summed E-state index contributed by atoms with van der Waals surface area (Å²) in [6, 6.07) is 3.56. The molecular formula is C23H29NO6S. The predicted octanol–water partition coefficient (Wildman–Crippen LogP) is 3.50. The minimum Gasteiger partial charge on any atom is -0.468 e. The molecule has 7 nitrogen and oxygen atoms in total. The van der Waals surface area contributed by atoms with Gasteiger partial charge in [-0.3, -0.25) is 9.59 Å². The van der Waals surface area contributed by atoms with Gasteiger partial charge in [0.05, 0.1) is 18.6 Å². The number of carbonyl (C=O) groups is 3. The lowest BCUT2D eigenvalue weighted by Crippen LogP contribution is -2.43. The van der Waals surface area contributed by atoms with Crippen molar-refractivity contribution in [2.45, 2.75) is 40.0 Å². The van der Waals surface area contributed by atoms with Crippen molar-refractivity contribution >= 4 is 29.5 Å². The third kappa shape index (κ3) is 4.59. The van der Waals surface area contributed by atoms with E-state index in [1.54, 1.807) is 37.7 Å². The standard InChI is InChI=1S/C23H29NO6S/c1-6-31-10-9-29-23(27)18-14(4)24-15-11-12(2)17(22(26)28-5)21(25)19(15)20(18)16-8-7-13(3)30-16/h7-8,12,17,20,24H,6,9-11H2,1-5H3. The van der Waals surface area contributed by atoms with Crippen LogP contribution in [0.15, 0.2) is 39.1 Å². The Morgan fingerprint density at radius 3 is 2.65 bits per heavy atom. The van der Waals surface area contributed by atoms with Gasteiger partial charge in [-0.2, -0.15) is 11.8 Å². The number of esters is 2. The van der Waals surface area contributed by atoms with E-state index in [2.05, 4.69) is 5.32 Å². The fourth-order valence-electron chi connectivity index (χ4n) is 4.26. The molecule has 0 bridgehead atoms. The molecule has 1 aliphatic heterocycles. The Kier molecular flexibility index (Phi) is 7.30. The molecule has 1 aliphatic carbocycles. The smallest absolute Gasteiger partial charge is 0.336 e. The molecule has 0 amide bonds. The predicted molar refractivity (Wildman–Crippen MR) is 117 cm³/mol. The maximum absolute atomic E-state index is 13.5. The average Bonchev–Trinajstić information content (AvgIpc) is 3.15. The second-order valence-corrected chi connectivity index (χ2v) is 9.21. The normalized spacial score (nSPS) is 23.4. The number of hydrogen-bond acceptors (Lipinski definition) is 8. The summed E-state index contributed by atoms with van der Waals surface area (Å²) in [5.74, 6) is -0.491. The van der Waals surface area contributed by atoms with Gasteiger partial charge in [0.2, 0.25) is 0 Å². The number of allylic oxidation sites excluding steroid dienone is 3. The van der Waals surface area contributed by atoms with E-state index in [4.69, 9.17) is 13.9 Å². The Labute approximate surface area is 186 Å². The first-order valence-corrected chi connectivity index (χ1v) is 11.6. The van der Waals surface area contributed by atoms with Crippen LogP contribution in [0.25, 0.3) is 0 Å². The molecule has 2 heterocycles. The van der Waals surface area contributed by atoms with Crippen LogP contribution in [0.1, 0.15) is 44.6 Å². The highest BCUT2D eigenvalue weighted by molar-refractivity contribution is 7.99. The monoisotopic (exact) mass is 447 g/mol. The van der Waals surface area contributed by atoms with Gasteiger partial charge in [-0.1, -0.05) is 13.8 Å². The van der Waals surface area contributed by atoms with E-state index < -0.39 is 23.8 Å². The molecule has 8 heteroatoms. The van der Waals surface area contributed by atoms with Gasteiger partial charge in [0.1, 0.15) is 24.0 Å². The molecule has 1 aromatic heterocycles. The summed E-state index contributed by atoms with van der Waals surface area (Å²) < 4.78 is 16.3. The fraction of sp³-hybridized carbons (Fsp3) is 0.522. The second kappa shape index (κ2) is 9.77. The number of dihydropyridines is 1. The van der Waals surface area contributed by atoms with Crippen LogP contribution in [0.4, 0.5) is 0 Å². The fourth-order valence-corrected chi connectivity index (χ4v) is 4.75. The number of hydrogen-bond donors (Lipinski definition) is 1. The molecule has 3 rings (SSSR count). The molecule has 0 aromatic carbocycles. The third-order valence-electron chi connectivity index (χ3n) is 5.67. The third-order valence-corrected chi connectivity index (χ3v) is 6.54. The maximum Gasteiger partial charge on any atom is 0.336 e. The van der Waals surface area contributed by atoms with Crippen LogP contribution >= 0.6 is 11.8 Å². The highest BCUT2D eigenvalue weighted by Gasteiger charge is 2.48. The number of carbonyl (C=O) groups excluding carboxylic acids is 3. The first-order chi connectivity index (χ1) is 14.8. The van der Waals surface area contributed by atoms with E-state index in [1.165, 1.54) is 7.11 Å². The number of thioether (sulfide) groups is 1. The second-order valence-electron chi connectivity index (χ2n) is 7.82. The maximum atomic E-state index is 13.5. The first-order valence-electron chi connectivity index (χ1n) is 10.4. The van der Waals surface area contributed by atoms with Crippen molar-refractivity contribution in [3.8, 4) is 0 Å². The number of Topliss-reactive ketones (excluding diaryl/α,β-unsaturated/α-hetero) is 1. The van der Waals surface area contributed by atoms with Gasteiger partial charge >= 0.3 is 11.9 Å². The summed E-state index contributed by atoms with van der Waals surface area (Å²) in [6.07, 6.45) is 0.490. The largest absolute Gasteiger partial charge is 0.468 e.